The number of carboxylic acids is 1. The molecule has 0 aliphatic heterocycles. The van der Waals surface area contributed by atoms with Gasteiger partial charge in [0.25, 0.3) is 0 Å². The second kappa shape index (κ2) is 11.2. The fraction of sp³-hybridized carbons (Fsp3) is 0.429. The normalized spacial score (nSPS) is 18.6. The third-order valence-corrected chi connectivity index (χ3v) is 7.21. The van der Waals surface area contributed by atoms with E-state index in [1.165, 1.54) is 6.20 Å². The Morgan fingerprint density at radius 3 is 2.67 bits per heavy atom. The van der Waals surface area contributed by atoms with Crippen LogP contribution in [-0.4, -0.2) is 32.5 Å². The minimum Gasteiger partial charge on any atom is -0.481 e. The van der Waals surface area contributed by atoms with Crippen molar-refractivity contribution in [2.75, 3.05) is 0 Å². The number of fused-ring (bicyclic) bond motifs is 1. The molecule has 0 bridgehead atoms. The Morgan fingerprint density at radius 1 is 1.25 bits per heavy atom. The molecule has 0 spiro atoms. The number of Topliss-reactive ketones (excluding diaryl/α,β-unsaturated/α-hetero) is 1. The highest BCUT2D eigenvalue weighted by Crippen LogP contribution is 2.40. The SMILES string of the molecule is CC(CC(=O)O)CC(=O)c1c(C2CCC(OCc3cccc(Cl)c3)CC2)n(C)c2ncc(C#N)cc12. The number of carbonyl (C=O) groups is 2. The molecule has 4 rings (SSSR count). The van der Waals surface area contributed by atoms with E-state index in [0.29, 0.717) is 33.8 Å². The maximum absolute atomic E-state index is 13.5. The van der Waals surface area contributed by atoms with Gasteiger partial charge in [0.05, 0.1) is 18.3 Å². The largest absolute Gasteiger partial charge is 0.481 e. The number of hydrogen-bond acceptors (Lipinski definition) is 5. The lowest BCUT2D eigenvalue weighted by Gasteiger charge is -2.30. The van der Waals surface area contributed by atoms with Crippen molar-refractivity contribution in [1.82, 2.24) is 9.55 Å². The zero-order valence-electron chi connectivity index (χ0n) is 20.5. The van der Waals surface area contributed by atoms with Gasteiger partial charge < -0.3 is 14.4 Å². The van der Waals surface area contributed by atoms with Gasteiger partial charge in [-0.25, -0.2) is 4.98 Å². The average molecular weight is 508 g/mol. The third-order valence-electron chi connectivity index (χ3n) is 6.97. The highest BCUT2D eigenvalue weighted by atomic mass is 35.5. The van der Waals surface area contributed by atoms with Gasteiger partial charge in [-0.3, -0.25) is 9.59 Å². The number of halogens is 1. The van der Waals surface area contributed by atoms with E-state index in [1.807, 2.05) is 35.9 Å². The molecule has 0 amide bonds. The number of ketones is 1. The highest BCUT2D eigenvalue weighted by Gasteiger charge is 2.31. The summed E-state index contributed by atoms with van der Waals surface area (Å²) in [5, 5.41) is 19.9. The summed E-state index contributed by atoms with van der Waals surface area (Å²) >= 11 is 6.08. The summed E-state index contributed by atoms with van der Waals surface area (Å²) < 4.78 is 8.13. The minimum atomic E-state index is -0.919. The van der Waals surface area contributed by atoms with E-state index < -0.39 is 5.97 Å². The number of rotatable bonds is 9. The van der Waals surface area contributed by atoms with Crippen LogP contribution in [0.5, 0.6) is 0 Å². The maximum atomic E-state index is 13.5. The Bertz CT molecular complexity index is 1320. The standard InChI is InChI=1S/C28H30ClN3O4/c1-17(11-25(34)35)10-24(33)26-23-13-19(14-30)15-31-28(23)32(2)27(26)20-6-8-22(9-7-20)36-16-18-4-3-5-21(29)12-18/h3-5,12-13,15,17,20,22H,6-11,16H2,1-2H3,(H,34,35). The van der Waals surface area contributed by atoms with Crippen molar-refractivity contribution in [3.63, 3.8) is 0 Å². The van der Waals surface area contributed by atoms with Gasteiger partial charge in [-0.05, 0) is 55.4 Å². The topological polar surface area (TPSA) is 105 Å². The van der Waals surface area contributed by atoms with Crippen molar-refractivity contribution in [3.8, 4) is 6.07 Å². The number of aliphatic carboxylic acids is 1. The number of aryl methyl sites for hydroxylation is 1. The third kappa shape index (κ3) is 5.77. The van der Waals surface area contributed by atoms with Crippen molar-refractivity contribution >= 4 is 34.4 Å². The number of carboxylic acid groups (broad SMARTS) is 1. The second-order valence-corrected chi connectivity index (χ2v) is 10.2. The van der Waals surface area contributed by atoms with Crippen LogP contribution in [0.15, 0.2) is 36.5 Å². The average Bonchev–Trinajstić information content (AvgIpc) is 3.14. The molecule has 0 radical (unpaired) electrons. The molecule has 36 heavy (non-hydrogen) atoms. The molecule has 1 fully saturated rings. The molecule has 1 aromatic carbocycles. The first kappa shape index (κ1) is 25.9. The molecule has 188 valence electrons. The first-order valence-electron chi connectivity index (χ1n) is 12.3. The van der Waals surface area contributed by atoms with E-state index in [2.05, 4.69) is 11.1 Å². The minimum absolute atomic E-state index is 0.0669. The Kier molecular flexibility index (Phi) is 8.07. The molecule has 1 atom stereocenters. The van der Waals surface area contributed by atoms with E-state index in [0.717, 1.165) is 36.9 Å². The molecule has 2 heterocycles. The molecule has 2 aromatic heterocycles. The summed E-state index contributed by atoms with van der Waals surface area (Å²) in [5.74, 6) is -1.16. The molecular formula is C28H30ClN3O4. The molecule has 7 nitrogen and oxygen atoms in total. The molecule has 1 aliphatic carbocycles. The maximum Gasteiger partial charge on any atom is 0.303 e. The van der Waals surface area contributed by atoms with Crippen molar-refractivity contribution < 1.29 is 19.4 Å². The molecule has 3 aromatic rings. The van der Waals surface area contributed by atoms with Crippen molar-refractivity contribution in [2.24, 2.45) is 13.0 Å². The van der Waals surface area contributed by atoms with Crippen LogP contribution in [0.4, 0.5) is 0 Å². The number of ether oxygens (including phenoxy) is 1. The van der Waals surface area contributed by atoms with Gasteiger partial charge in [0.15, 0.2) is 5.78 Å². The number of benzene rings is 1. The Labute approximate surface area is 215 Å². The number of pyridine rings is 1. The molecular weight excluding hydrogens is 478 g/mol. The van der Waals surface area contributed by atoms with Crippen LogP contribution >= 0.6 is 11.6 Å². The summed E-state index contributed by atoms with van der Waals surface area (Å²) in [6, 6.07) is 11.5. The number of hydrogen-bond donors (Lipinski definition) is 1. The van der Waals surface area contributed by atoms with E-state index in [9.17, 15) is 14.9 Å². The van der Waals surface area contributed by atoms with Gasteiger partial charge in [0, 0.05) is 53.7 Å². The van der Waals surface area contributed by atoms with Crippen LogP contribution in [0.2, 0.25) is 5.02 Å². The smallest absolute Gasteiger partial charge is 0.303 e. The summed E-state index contributed by atoms with van der Waals surface area (Å²) in [7, 11) is 1.91. The van der Waals surface area contributed by atoms with Gasteiger partial charge >= 0.3 is 5.97 Å². The van der Waals surface area contributed by atoms with E-state index >= 15 is 0 Å². The predicted octanol–water partition coefficient (Wildman–Crippen LogP) is 6.02. The molecule has 1 aliphatic rings. The van der Waals surface area contributed by atoms with Crippen molar-refractivity contribution in [1.29, 1.82) is 5.26 Å². The number of aromatic nitrogens is 2. The second-order valence-electron chi connectivity index (χ2n) is 9.77. The van der Waals surface area contributed by atoms with Gasteiger partial charge in [-0.15, -0.1) is 0 Å². The van der Waals surface area contributed by atoms with Crippen LogP contribution < -0.4 is 0 Å². The fourth-order valence-corrected chi connectivity index (χ4v) is 5.51. The van der Waals surface area contributed by atoms with Gasteiger partial charge in [-0.2, -0.15) is 5.26 Å². The van der Waals surface area contributed by atoms with Gasteiger partial charge in [-0.1, -0.05) is 30.7 Å². The summed E-state index contributed by atoms with van der Waals surface area (Å²) in [6.45, 7) is 2.29. The van der Waals surface area contributed by atoms with Gasteiger partial charge in [0.2, 0.25) is 0 Å². The van der Waals surface area contributed by atoms with Crippen molar-refractivity contribution in [3.05, 3.63) is 63.9 Å². The lowest BCUT2D eigenvalue weighted by atomic mass is 9.82. The fourth-order valence-electron chi connectivity index (χ4n) is 5.29. The number of nitrogens with zero attached hydrogens (tertiary/aromatic N) is 3. The first-order valence-corrected chi connectivity index (χ1v) is 12.6. The first-order chi connectivity index (χ1) is 17.3. The van der Waals surface area contributed by atoms with E-state index in [1.54, 1.807) is 13.0 Å². The highest BCUT2D eigenvalue weighted by molar-refractivity contribution is 6.30. The Morgan fingerprint density at radius 2 is 2.00 bits per heavy atom. The summed E-state index contributed by atoms with van der Waals surface area (Å²) in [6.07, 6.45) is 5.18. The van der Waals surface area contributed by atoms with Crippen LogP contribution in [0, 0.1) is 17.2 Å². The zero-order valence-corrected chi connectivity index (χ0v) is 21.3. The van der Waals surface area contributed by atoms with Gasteiger partial charge in [0.1, 0.15) is 11.7 Å². The lowest BCUT2D eigenvalue weighted by molar-refractivity contribution is -0.137. The van der Waals surface area contributed by atoms with Crippen LogP contribution in [0.3, 0.4) is 0 Å². The lowest BCUT2D eigenvalue weighted by Crippen LogP contribution is -2.23. The number of nitriles is 1. The predicted molar refractivity (Wildman–Crippen MR) is 137 cm³/mol. The Balaban J connectivity index is 1.56. The van der Waals surface area contributed by atoms with Crippen molar-refractivity contribution in [2.45, 2.75) is 64.1 Å². The molecule has 1 N–H and O–H groups in total. The van der Waals surface area contributed by atoms with E-state index in [4.69, 9.17) is 21.4 Å². The summed E-state index contributed by atoms with van der Waals surface area (Å²) in [5.41, 5.74) is 3.61. The van der Waals surface area contributed by atoms with Crippen LogP contribution in [0.1, 0.15) is 78.5 Å². The number of carbonyl (C=O) groups excluding carboxylic acids is 1. The summed E-state index contributed by atoms with van der Waals surface area (Å²) in [4.78, 5) is 29.2. The molecule has 8 heteroatoms. The molecule has 0 saturated heterocycles. The quantitative estimate of drug-likeness (QED) is 0.355. The Hall–Kier alpha value is -3.21. The monoisotopic (exact) mass is 507 g/mol. The zero-order chi connectivity index (χ0) is 25.8. The van der Waals surface area contributed by atoms with Crippen LogP contribution in [0.25, 0.3) is 11.0 Å². The molecule has 1 unspecified atom stereocenters. The molecule has 1 saturated carbocycles. The van der Waals surface area contributed by atoms with Crippen LogP contribution in [-0.2, 0) is 23.2 Å². The van der Waals surface area contributed by atoms with E-state index in [-0.39, 0.29) is 36.6 Å².